The van der Waals surface area contributed by atoms with E-state index in [0.29, 0.717) is 29.2 Å². The predicted octanol–water partition coefficient (Wildman–Crippen LogP) is 3.61. The number of aliphatic hydroxyl groups is 1. The molecule has 3 aliphatic rings. The average molecular weight is 364 g/mol. The number of ether oxygens (including phenoxy) is 1. The van der Waals surface area contributed by atoms with Crippen molar-refractivity contribution in [3.63, 3.8) is 0 Å². The molecule has 136 valence electrons. The number of nitrogens with zero attached hydrogens (tertiary/aromatic N) is 1. The maximum atomic E-state index is 12.5. The van der Waals surface area contributed by atoms with Gasteiger partial charge in [-0.05, 0) is 62.6 Å². The van der Waals surface area contributed by atoms with E-state index >= 15 is 0 Å². The highest BCUT2D eigenvalue weighted by Gasteiger charge is 2.53. The number of hydrogen-bond donors (Lipinski definition) is 1. The Labute approximate surface area is 154 Å². The van der Waals surface area contributed by atoms with Crippen molar-refractivity contribution in [1.82, 2.24) is 4.90 Å². The van der Waals surface area contributed by atoms with E-state index in [2.05, 4.69) is 12.1 Å². The molecule has 1 aromatic carbocycles. The van der Waals surface area contributed by atoms with E-state index in [1.807, 2.05) is 17.9 Å². The Morgan fingerprint density at radius 2 is 2.04 bits per heavy atom. The van der Waals surface area contributed by atoms with Gasteiger partial charge in [0, 0.05) is 24.4 Å². The highest BCUT2D eigenvalue weighted by molar-refractivity contribution is 6.32. The number of benzene rings is 1. The Balaban J connectivity index is 1.35. The number of rotatable bonds is 3. The van der Waals surface area contributed by atoms with Crippen LogP contribution in [0.15, 0.2) is 18.2 Å². The van der Waals surface area contributed by atoms with Crippen molar-refractivity contribution >= 4 is 17.5 Å². The van der Waals surface area contributed by atoms with Crippen LogP contribution in [0.5, 0.6) is 5.75 Å². The number of carbonyl (C=O) groups is 1. The van der Waals surface area contributed by atoms with Crippen molar-refractivity contribution in [2.75, 3.05) is 20.2 Å². The van der Waals surface area contributed by atoms with E-state index in [9.17, 15) is 9.90 Å². The van der Waals surface area contributed by atoms with Gasteiger partial charge in [-0.2, -0.15) is 0 Å². The molecular formula is C20H26ClNO3. The molecule has 1 aromatic rings. The highest BCUT2D eigenvalue weighted by Crippen LogP contribution is 2.53. The van der Waals surface area contributed by atoms with Gasteiger partial charge in [-0.25, -0.2) is 0 Å². The molecule has 0 aromatic heterocycles. The van der Waals surface area contributed by atoms with Gasteiger partial charge in [0.2, 0.25) is 5.91 Å². The van der Waals surface area contributed by atoms with Gasteiger partial charge in [0.1, 0.15) is 5.75 Å². The highest BCUT2D eigenvalue weighted by atomic mass is 35.5. The van der Waals surface area contributed by atoms with E-state index in [1.165, 1.54) is 12.0 Å². The van der Waals surface area contributed by atoms with Crippen LogP contribution in [0.4, 0.5) is 0 Å². The third kappa shape index (κ3) is 3.04. The monoisotopic (exact) mass is 363 g/mol. The molecule has 1 saturated heterocycles. The first-order chi connectivity index (χ1) is 11.8. The maximum Gasteiger partial charge on any atom is 0.225 e. The molecule has 5 heteroatoms. The maximum absolute atomic E-state index is 12.5. The lowest BCUT2D eigenvalue weighted by molar-refractivity contribution is -0.161. The molecule has 0 bridgehead atoms. The van der Waals surface area contributed by atoms with E-state index in [-0.39, 0.29) is 11.8 Å². The topological polar surface area (TPSA) is 49.8 Å². The van der Waals surface area contributed by atoms with Crippen molar-refractivity contribution < 1.29 is 14.6 Å². The summed E-state index contributed by atoms with van der Waals surface area (Å²) in [6.45, 7) is 3.58. The molecule has 2 aliphatic carbocycles. The molecule has 1 aliphatic heterocycles. The Morgan fingerprint density at radius 1 is 1.32 bits per heavy atom. The van der Waals surface area contributed by atoms with Crippen molar-refractivity contribution in [2.45, 2.75) is 50.5 Å². The molecule has 1 amide bonds. The molecule has 1 unspecified atom stereocenters. The summed E-state index contributed by atoms with van der Waals surface area (Å²) in [6, 6.07) is 6.08. The molecule has 0 radical (unpaired) electrons. The zero-order chi connectivity index (χ0) is 17.8. The van der Waals surface area contributed by atoms with Gasteiger partial charge >= 0.3 is 0 Å². The molecule has 4 nitrogen and oxygen atoms in total. The first-order valence-electron chi connectivity index (χ1n) is 9.15. The van der Waals surface area contributed by atoms with Gasteiger partial charge in [-0.3, -0.25) is 4.79 Å². The normalized spacial score (nSPS) is 33.0. The van der Waals surface area contributed by atoms with E-state index in [0.717, 1.165) is 31.7 Å². The summed E-state index contributed by atoms with van der Waals surface area (Å²) in [5, 5.41) is 10.5. The fourth-order valence-corrected chi connectivity index (χ4v) is 5.26. The molecule has 1 N–H and O–H groups in total. The quantitative estimate of drug-likeness (QED) is 0.892. The van der Waals surface area contributed by atoms with E-state index < -0.39 is 5.60 Å². The zero-order valence-electron chi connectivity index (χ0n) is 14.9. The van der Waals surface area contributed by atoms with Gasteiger partial charge in [0.15, 0.2) is 0 Å². The van der Waals surface area contributed by atoms with Crippen molar-refractivity contribution in [3.8, 4) is 5.75 Å². The van der Waals surface area contributed by atoms with Crippen LogP contribution in [-0.4, -0.2) is 41.7 Å². The number of likely N-dealkylation sites (tertiary alicyclic amines) is 1. The standard InChI is InChI=1S/C20H26ClNO3/c1-19(24)8-15(9-19)18(23)22-11-20(12-22)6-5-14(10-20)13-3-4-16(21)17(7-13)25-2/h3-4,7,14-15,24H,5-6,8-12H2,1-2H3/t14?,15-,19+. The van der Waals surface area contributed by atoms with Crippen molar-refractivity contribution in [1.29, 1.82) is 0 Å². The molecule has 3 fully saturated rings. The van der Waals surface area contributed by atoms with Crippen molar-refractivity contribution in [2.24, 2.45) is 11.3 Å². The SMILES string of the molecule is COc1cc(C2CCC3(C2)CN(C(=O)[C@H]2C[C@@](C)(O)C2)C3)ccc1Cl. The van der Waals surface area contributed by atoms with Gasteiger partial charge in [-0.1, -0.05) is 17.7 Å². The van der Waals surface area contributed by atoms with E-state index in [4.69, 9.17) is 16.3 Å². The molecular weight excluding hydrogens is 338 g/mol. The molecule has 2 saturated carbocycles. The lowest BCUT2D eigenvalue weighted by Gasteiger charge is -2.52. The van der Waals surface area contributed by atoms with Gasteiger partial charge < -0.3 is 14.7 Å². The Kier molecular flexibility index (Phi) is 4.04. The summed E-state index contributed by atoms with van der Waals surface area (Å²) in [5.74, 6) is 1.54. The molecule has 25 heavy (non-hydrogen) atoms. The zero-order valence-corrected chi connectivity index (χ0v) is 15.7. The summed E-state index contributed by atoms with van der Waals surface area (Å²) < 4.78 is 5.34. The second kappa shape index (κ2) is 5.88. The van der Waals surface area contributed by atoms with Crippen LogP contribution in [0, 0.1) is 11.3 Å². The van der Waals surface area contributed by atoms with Crippen LogP contribution < -0.4 is 4.74 Å². The first-order valence-corrected chi connectivity index (χ1v) is 9.53. The van der Waals surface area contributed by atoms with Crippen LogP contribution in [0.1, 0.15) is 50.5 Å². The number of halogens is 1. The number of amides is 1. The van der Waals surface area contributed by atoms with Crippen LogP contribution in [0.2, 0.25) is 5.02 Å². The first kappa shape index (κ1) is 17.2. The smallest absolute Gasteiger partial charge is 0.225 e. The van der Waals surface area contributed by atoms with Crippen molar-refractivity contribution in [3.05, 3.63) is 28.8 Å². The third-order valence-corrected chi connectivity index (χ3v) is 6.75. The molecule has 4 rings (SSSR count). The molecule has 1 heterocycles. The molecule has 1 spiro atoms. The van der Waals surface area contributed by atoms with Crippen LogP contribution in [0.25, 0.3) is 0 Å². The number of methoxy groups -OCH3 is 1. The lowest BCUT2D eigenvalue weighted by atomic mass is 9.69. The third-order valence-electron chi connectivity index (χ3n) is 6.43. The fraction of sp³-hybridized carbons (Fsp3) is 0.650. The largest absolute Gasteiger partial charge is 0.495 e. The van der Waals surface area contributed by atoms with E-state index in [1.54, 1.807) is 7.11 Å². The summed E-state index contributed by atoms with van der Waals surface area (Å²) in [6.07, 6.45) is 4.69. The van der Waals surface area contributed by atoms with Gasteiger partial charge in [0.05, 0.1) is 17.7 Å². The minimum atomic E-state index is -0.630. The Hall–Kier alpha value is -1.26. The predicted molar refractivity (Wildman–Crippen MR) is 97.0 cm³/mol. The van der Waals surface area contributed by atoms with Crippen LogP contribution in [-0.2, 0) is 4.79 Å². The minimum absolute atomic E-state index is 0.0325. The number of hydrogen-bond acceptors (Lipinski definition) is 3. The second-order valence-electron chi connectivity index (χ2n) is 8.63. The minimum Gasteiger partial charge on any atom is -0.495 e. The van der Waals surface area contributed by atoms with Crippen LogP contribution >= 0.6 is 11.6 Å². The summed E-state index contributed by atoms with van der Waals surface area (Å²) in [4.78, 5) is 14.5. The van der Waals surface area contributed by atoms with Gasteiger partial charge in [-0.15, -0.1) is 0 Å². The second-order valence-corrected chi connectivity index (χ2v) is 9.04. The Morgan fingerprint density at radius 3 is 2.68 bits per heavy atom. The summed E-state index contributed by atoms with van der Waals surface area (Å²) in [7, 11) is 1.65. The molecule has 1 atom stereocenters. The Bertz CT molecular complexity index is 688. The van der Waals surface area contributed by atoms with Gasteiger partial charge in [0.25, 0.3) is 0 Å². The average Bonchev–Trinajstić information content (AvgIpc) is 2.96. The summed E-state index contributed by atoms with van der Waals surface area (Å²) >= 11 is 6.13. The fourth-order valence-electron chi connectivity index (χ4n) is 5.06. The lowest BCUT2D eigenvalue weighted by Crippen LogP contribution is -2.61. The van der Waals surface area contributed by atoms with Crippen LogP contribution in [0.3, 0.4) is 0 Å². The number of carbonyl (C=O) groups excluding carboxylic acids is 1. The summed E-state index contributed by atoms with van der Waals surface area (Å²) in [5.41, 5.74) is 0.951.